The van der Waals surface area contributed by atoms with Crippen LogP contribution in [-0.2, 0) is 4.74 Å². The van der Waals surface area contributed by atoms with Crippen LogP contribution < -0.4 is 0 Å². The standard InChI is InChI=1S/C8H12N2O/c1-6(2)7-4-3-5-11-8(7)10-9/h3-4,6,9H,5H2,1-2H3. The Hall–Kier alpha value is -1.12. The molecule has 0 amide bonds. The largest absolute Gasteiger partial charge is 0.472 e. The first kappa shape index (κ1) is 7.98. The van der Waals surface area contributed by atoms with E-state index < -0.39 is 0 Å². The Morgan fingerprint density at radius 3 is 2.82 bits per heavy atom. The molecule has 0 unspecified atom stereocenters. The first-order chi connectivity index (χ1) is 5.25. The van der Waals surface area contributed by atoms with Gasteiger partial charge >= 0.3 is 0 Å². The van der Waals surface area contributed by atoms with Crippen LogP contribution in [0.1, 0.15) is 13.8 Å². The van der Waals surface area contributed by atoms with Gasteiger partial charge in [-0.25, -0.2) is 5.53 Å². The van der Waals surface area contributed by atoms with E-state index in [-0.39, 0.29) is 0 Å². The van der Waals surface area contributed by atoms with E-state index in [1.165, 1.54) is 0 Å². The summed E-state index contributed by atoms with van der Waals surface area (Å²) in [6, 6.07) is 0. The summed E-state index contributed by atoms with van der Waals surface area (Å²) in [4.78, 5) is 0. The Labute approximate surface area is 66.3 Å². The van der Waals surface area contributed by atoms with Gasteiger partial charge in [-0.05, 0) is 12.0 Å². The Balaban J connectivity index is 2.91. The van der Waals surface area contributed by atoms with Gasteiger partial charge in [-0.3, -0.25) is 0 Å². The molecular weight excluding hydrogens is 140 g/mol. The third-order valence-electron chi connectivity index (χ3n) is 1.58. The van der Waals surface area contributed by atoms with Crippen LogP contribution in [0.2, 0.25) is 0 Å². The molecule has 0 aromatic carbocycles. The fraction of sp³-hybridized carbons (Fsp3) is 0.500. The first-order valence-electron chi connectivity index (χ1n) is 3.66. The van der Waals surface area contributed by atoms with Crippen molar-refractivity contribution in [3.63, 3.8) is 0 Å². The third-order valence-corrected chi connectivity index (χ3v) is 1.58. The van der Waals surface area contributed by atoms with E-state index >= 15 is 0 Å². The molecule has 1 aliphatic rings. The molecule has 0 aromatic rings. The molecule has 0 saturated carbocycles. The SMILES string of the molecule is CC(C)C1=C(N=N)OCC=C1. The molecule has 60 valence electrons. The number of ether oxygens (including phenoxy) is 1. The zero-order valence-corrected chi connectivity index (χ0v) is 6.79. The maximum Gasteiger partial charge on any atom is 0.236 e. The van der Waals surface area contributed by atoms with Crippen molar-refractivity contribution < 1.29 is 4.74 Å². The molecule has 1 rings (SSSR count). The van der Waals surface area contributed by atoms with E-state index in [9.17, 15) is 0 Å². The molecule has 0 spiro atoms. The van der Waals surface area contributed by atoms with Crippen LogP contribution in [0.3, 0.4) is 0 Å². The summed E-state index contributed by atoms with van der Waals surface area (Å²) in [6.45, 7) is 4.65. The molecule has 1 aliphatic heterocycles. The highest BCUT2D eigenvalue weighted by molar-refractivity contribution is 5.25. The van der Waals surface area contributed by atoms with Crippen molar-refractivity contribution in [3.05, 3.63) is 23.6 Å². The van der Waals surface area contributed by atoms with Gasteiger partial charge in [-0.15, -0.1) is 5.11 Å². The summed E-state index contributed by atoms with van der Waals surface area (Å²) < 4.78 is 5.14. The number of rotatable bonds is 2. The Morgan fingerprint density at radius 2 is 2.36 bits per heavy atom. The van der Waals surface area contributed by atoms with Gasteiger partial charge < -0.3 is 4.74 Å². The molecule has 3 heteroatoms. The summed E-state index contributed by atoms with van der Waals surface area (Å²) in [6.07, 6.45) is 3.91. The molecule has 3 nitrogen and oxygen atoms in total. The second-order valence-electron chi connectivity index (χ2n) is 2.74. The van der Waals surface area contributed by atoms with Crippen molar-refractivity contribution in [2.45, 2.75) is 13.8 Å². The molecular formula is C8H12N2O. The molecule has 0 atom stereocenters. The van der Waals surface area contributed by atoms with Gasteiger partial charge in [0.2, 0.25) is 5.88 Å². The van der Waals surface area contributed by atoms with E-state index in [4.69, 9.17) is 10.3 Å². The van der Waals surface area contributed by atoms with Crippen LogP contribution in [0, 0.1) is 11.4 Å². The molecule has 11 heavy (non-hydrogen) atoms. The van der Waals surface area contributed by atoms with Gasteiger partial charge in [-0.1, -0.05) is 19.9 Å². The van der Waals surface area contributed by atoms with Crippen molar-refractivity contribution >= 4 is 0 Å². The zero-order valence-electron chi connectivity index (χ0n) is 6.79. The summed E-state index contributed by atoms with van der Waals surface area (Å²) in [5.74, 6) is 0.832. The van der Waals surface area contributed by atoms with E-state index in [1.54, 1.807) is 0 Å². The van der Waals surface area contributed by atoms with Gasteiger partial charge in [0.25, 0.3) is 0 Å². The summed E-state index contributed by atoms with van der Waals surface area (Å²) in [7, 11) is 0. The smallest absolute Gasteiger partial charge is 0.236 e. The first-order valence-corrected chi connectivity index (χ1v) is 3.66. The highest BCUT2D eigenvalue weighted by atomic mass is 16.5. The average Bonchev–Trinajstić information content (AvgIpc) is 2.04. The van der Waals surface area contributed by atoms with Crippen molar-refractivity contribution in [1.82, 2.24) is 0 Å². The van der Waals surface area contributed by atoms with E-state index in [0.717, 1.165) is 5.57 Å². The fourth-order valence-electron chi connectivity index (χ4n) is 0.993. The summed E-state index contributed by atoms with van der Waals surface area (Å²) in [5, 5.41) is 3.31. The molecule has 0 aromatic heterocycles. The van der Waals surface area contributed by atoms with Crippen LogP contribution in [0.15, 0.2) is 28.7 Å². The van der Waals surface area contributed by atoms with E-state index in [2.05, 4.69) is 19.0 Å². The van der Waals surface area contributed by atoms with Crippen LogP contribution in [-0.4, -0.2) is 6.61 Å². The topological polar surface area (TPSA) is 45.4 Å². The van der Waals surface area contributed by atoms with Crippen LogP contribution in [0.4, 0.5) is 0 Å². The minimum Gasteiger partial charge on any atom is -0.472 e. The van der Waals surface area contributed by atoms with Gasteiger partial charge in [0, 0.05) is 5.57 Å². The lowest BCUT2D eigenvalue weighted by atomic mass is 10.0. The minimum absolute atomic E-state index is 0.371. The lowest BCUT2D eigenvalue weighted by molar-refractivity contribution is 0.228. The van der Waals surface area contributed by atoms with Crippen molar-refractivity contribution in [2.24, 2.45) is 11.0 Å². The summed E-state index contributed by atoms with van der Waals surface area (Å²) >= 11 is 0. The Bertz CT molecular complexity index is 216. The van der Waals surface area contributed by atoms with Gasteiger partial charge in [0.1, 0.15) is 6.61 Å². The Kier molecular flexibility index (Phi) is 2.41. The highest BCUT2D eigenvalue weighted by Crippen LogP contribution is 2.21. The second-order valence-corrected chi connectivity index (χ2v) is 2.74. The van der Waals surface area contributed by atoms with Crippen molar-refractivity contribution in [1.29, 1.82) is 5.53 Å². The van der Waals surface area contributed by atoms with Crippen molar-refractivity contribution in [2.75, 3.05) is 6.61 Å². The molecule has 1 heterocycles. The summed E-state index contributed by atoms with van der Waals surface area (Å²) in [5.41, 5.74) is 7.83. The lowest BCUT2D eigenvalue weighted by Crippen LogP contribution is -2.04. The second kappa shape index (κ2) is 3.32. The zero-order chi connectivity index (χ0) is 8.27. The predicted octanol–water partition coefficient (Wildman–Crippen LogP) is 2.47. The highest BCUT2D eigenvalue weighted by Gasteiger charge is 2.11. The number of allylic oxidation sites excluding steroid dienone is 2. The molecule has 0 radical (unpaired) electrons. The van der Waals surface area contributed by atoms with Gasteiger partial charge in [-0.2, -0.15) is 0 Å². The van der Waals surface area contributed by atoms with E-state index in [0.29, 0.717) is 18.4 Å². The molecule has 0 saturated heterocycles. The number of nitrogens with zero attached hydrogens (tertiary/aromatic N) is 1. The third kappa shape index (κ3) is 1.67. The molecule has 1 N–H and O–H groups in total. The van der Waals surface area contributed by atoms with Crippen molar-refractivity contribution in [3.8, 4) is 0 Å². The van der Waals surface area contributed by atoms with E-state index in [1.807, 2.05) is 12.2 Å². The Morgan fingerprint density at radius 1 is 1.64 bits per heavy atom. The average molecular weight is 152 g/mol. The fourth-order valence-corrected chi connectivity index (χ4v) is 0.993. The van der Waals surface area contributed by atoms with Crippen LogP contribution in [0.5, 0.6) is 0 Å². The van der Waals surface area contributed by atoms with Gasteiger partial charge in [0.05, 0.1) is 0 Å². The molecule has 0 aliphatic carbocycles. The maximum absolute atomic E-state index is 6.83. The molecule has 0 bridgehead atoms. The maximum atomic E-state index is 6.83. The number of hydrogen-bond acceptors (Lipinski definition) is 3. The van der Waals surface area contributed by atoms with Crippen LogP contribution >= 0.6 is 0 Å². The lowest BCUT2D eigenvalue weighted by Gasteiger charge is -2.14. The minimum atomic E-state index is 0.371. The number of hydrogen-bond donors (Lipinski definition) is 1. The quantitative estimate of drug-likeness (QED) is 0.607. The van der Waals surface area contributed by atoms with Crippen LogP contribution in [0.25, 0.3) is 0 Å². The monoisotopic (exact) mass is 152 g/mol. The molecule has 0 fully saturated rings. The van der Waals surface area contributed by atoms with Gasteiger partial charge in [0.15, 0.2) is 0 Å². The predicted molar refractivity (Wildman–Crippen MR) is 42.1 cm³/mol. The normalized spacial score (nSPS) is 17.0. The number of nitrogens with one attached hydrogen (secondary N) is 1.